The topological polar surface area (TPSA) is 61.6 Å². The molecule has 0 spiro atoms. The third-order valence-corrected chi connectivity index (χ3v) is 4.30. The van der Waals surface area contributed by atoms with Crippen molar-refractivity contribution in [2.45, 2.75) is 26.2 Å². The summed E-state index contributed by atoms with van der Waals surface area (Å²) in [5.41, 5.74) is 9.21. The molecule has 1 unspecified atom stereocenters. The molecule has 2 aromatic carbocycles. The molecule has 4 heteroatoms. The third-order valence-electron chi connectivity index (χ3n) is 4.30. The fourth-order valence-electron chi connectivity index (χ4n) is 3.25. The highest BCUT2D eigenvalue weighted by Gasteiger charge is 2.34. The zero-order chi connectivity index (χ0) is 17.8. The highest BCUT2D eigenvalue weighted by Crippen LogP contribution is 2.40. The first-order chi connectivity index (χ1) is 12.1. The van der Waals surface area contributed by atoms with Crippen LogP contribution in [0.5, 0.6) is 11.5 Å². The molecule has 0 aliphatic heterocycles. The number of ether oxygens (including phenoxy) is 2. The lowest BCUT2D eigenvalue weighted by molar-refractivity contribution is -0.114. The van der Waals surface area contributed by atoms with Gasteiger partial charge in [-0.15, -0.1) is 0 Å². The second-order valence-corrected chi connectivity index (χ2v) is 5.99. The molecule has 3 rings (SSSR count). The normalized spacial score (nSPS) is 17.0. The number of Topliss-reactive ketones (excluding diaryl/α,β-unsaturated/α-hetero) is 1. The first kappa shape index (κ1) is 17.1. The van der Waals surface area contributed by atoms with E-state index in [4.69, 9.17) is 15.2 Å². The molecule has 0 radical (unpaired) electrons. The number of allylic oxidation sites excluding steroid dienone is 2. The molecule has 1 atom stereocenters. The maximum absolute atomic E-state index is 13.0. The Labute approximate surface area is 148 Å². The molecule has 2 aromatic rings. The van der Waals surface area contributed by atoms with E-state index < -0.39 is 0 Å². The van der Waals surface area contributed by atoms with Gasteiger partial charge in [0.05, 0.1) is 19.1 Å². The van der Waals surface area contributed by atoms with Gasteiger partial charge < -0.3 is 15.2 Å². The minimum absolute atomic E-state index is 0.0554. The molecule has 25 heavy (non-hydrogen) atoms. The summed E-state index contributed by atoms with van der Waals surface area (Å²) in [6.45, 7) is 4.94. The highest BCUT2D eigenvalue weighted by molar-refractivity contribution is 6.26. The van der Waals surface area contributed by atoms with Crippen LogP contribution in [0.1, 0.15) is 37.3 Å². The Bertz CT molecular complexity index is 772. The molecule has 0 saturated heterocycles. The van der Waals surface area contributed by atoms with Gasteiger partial charge in [-0.2, -0.15) is 0 Å². The van der Waals surface area contributed by atoms with Crippen LogP contribution >= 0.6 is 0 Å². The van der Waals surface area contributed by atoms with Crippen LogP contribution in [0.3, 0.4) is 0 Å². The molecule has 0 fully saturated rings. The summed E-state index contributed by atoms with van der Waals surface area (Å²) in [5, 5.41) is 0. The fourth-order valence-corrected chi connectivity index (χ4v) is 3.25. The van der Waals surface area contributed by atoms with E-state index in [-0.39, 0.29) is 11.7 Å². The minimum Gasteiger partial charge on any atom is -0.494 e. The first-order valence-electron chi connectivity index (χ1n) is 8.62. The van der Waals surface area contributed by atoms with Crippen molar-refractivity contribution >= 4 is 11.4 Å². The van der Waals surface area contributed by atoms with Gasteiger partial charge >= 0.3 is 0 Å². The predicted molar refractivity (Wildman–Crippen MR) is 98.7 cm³/mol. The van der Waals surface area contributed by atoms with Crippen LogP contribution in [0.4, 0.5) is 0 Å². The molecule has 0 saturated carbocycles. The highest BCUT2D eigenvalue weighted by atomic mass is 16.5. The summed E-state index contributed by atoms with van der Waals surface area (Å²) in [7, 11) is 0. The Balaban J connectivity index is 1.97. The molecule has 0 bridgehead atoms. The van der Waals surface area contributed by atoms with Crippen molar-refractivity contribution in [3.8, 4) is 11.5 Å². The molecule has 2 N–H and O–H groups in total. The lowest BCUT2D eigenvalue weighted by atomic mass is 9.92. The van der Waals surface area contributed by atoms with Gasteiger partial charge in [-0.1, -0.05) is 30.3 Å². The van der Waals surface area contributed by atoms with Crippen LogP contribution in [-0.4, -0.2) is 19.0 Å². The van der Waals surface area contributed by atoms with Gasteiger partial charge in [-0.05, 0) is 37.1 Å². The molecule has 0 aromatic heterocycles. The lowest BCUT2D eigenvalue weighted by Gasteiger charge is -2.12. The number of carbonyl (C=O) groups is 1. The third kappa shape index (κ3) is 3.53. The van der Waals surface area contributed by atoms with Crippen LogP contribution in [0.25, 0.3) is 5.57 Å². The molecule has 0 amide bonds. The summed E-state index contributed by atoms with van der Waals surface area (Å²) in [6.07, 6.45) is 0.543. The summed E-state index contributed by atoms with van der Waals surface area (Å²) in [5.74, 6) is 1.20. The van der Waals surface area contributed by atoms with Crippen LogP contribution in [0.2, 0.25) is 0 Å². The maximum atomic E-state index is 13.0. The van der Waals surface area contributed by atoms with E-state index in [1.165, 1.54) is 0 Å². The average Bonchev–Trinajstić information content (AvgIpc) is 2.90. The Morgan fingerprint density at radius 1 is 1.00 bits per heavy atom. The second-order valence-electron chi connectivity index (χ2n) is 5.99. The number of hydrogen-bond donors (Lipinski definition) is 1. The molecule has 4 nitrogen and oxygen atoms in total. The smallest absolute Gasteiger partial charge is 0.173 e. The summed E-state index contributed by atoms with van der Waals surface area (Å²) >= 11 is 0. The van der Waals surface area contributed by atoms with Crippen LogP contribution in [0, 0.1) is 0 Å². The molecule has 130 valence electrons. The van der Waals surface area contributed by atoms with Crippen LogP contribution < -0.4 is 15.2 Å². The fraction of sp³-hybridized carbons (Fsp3) is 0.286. The number of rotatable bonds is 6. The Kier molecular flexibility index (Phi) is 5.08. The van der Waals surface area contributed by atoms with E-state index >= 15 is 0 Å². The number of carbonyl (C=O) groups excluding carboxylic acids is 1. The minimum atomic E-state index is -0.220. The molecule has 1 aliphatic carbocycles. The lowest BCUT2D eigenvalue weighted by Crippen LogP contribution is -2.08. The number of hydrogen-bond acceptors (Lipinski definition) is 4. The average molecular weight is 337 g/mol. The summed E-state index contributed by atoms with van der Waals surface area (Å²) in [6, 6.07) is 15.3. The standard InChI is InChI=1S/C21H23NO3/c1-3-24-16-10-15(11-17(12-16)25-4-2)20-19(22)13-18(21(20)23)14-8-6-5-7-9-14/h5-12,18H,3-4,13,22H2,1-2H3. The molecule has 1 aliphatic rings. The van der Waals surface area contributed by atoms with E-state index in [9.17, 15) is 4.79 Å². The van der Waals surface area contributed by atoms with E-state index in [1.807, 2.05) is 62.4 Å². The Hall–Kier alpha value is -2.75. The summed E-state index contributed by atoms with van der Waals surface area (Å²) < 4.78 is 11.2. The number of benzene rings is 2. The van der Waals surface area contributed by atoms with E-state index in [1.54, 1.807) is 0 Å². The predicted octanol–water partition coefficient (Wildman–Crippen LogP) is 3.91. The monoisotopic (exact) mass is 337 g/mol. The molecular weight excluding hydrogens is 314 g/mol. The SMILES string of the molecule is CCOc1cc(OCC)cc(C2=C(N)CC(c3ccccc3)C2=O)c1. The van der Waals surface area contributed by atoms with Crippen molar-refractivity contribution in [3.63, 3.8) is 0 Å². The second kappa shape index (κ2) is 7.43. The van der Waals surface area contributed by atoms with Crippen molar-refractivity contribution in [2.75, 3.05) is 13.2 Å². The number of ketones is 1. The van der Waals surface area contributed by atoms with Gasteiger partial charge in [0.25, 0.3) is 0 Å². The van der Waals surface area contributed by atoms with Gasteiger partial charge in [0, 0.05) is 23.8 Å². The zero-order valence-corrected chi connectivity index (χ0v) is 14.6. The van der Waals surface area contributed by atoms with Crippen molar-refractivity contribution in [1.29, 1.82) is 0 Å². The quantitative estimate of drug-likeness (QED) is 0.868. The van der Waals surface area contributed by atoms with Gasteiger partial charge in [-0.3, -0.25) is 4.79 Å². The van der Waals surface area contributed by atoms with E-state index in [0.29, 0.717) is 42.4 Å². The van der Waals surface area contributed by atoms with Crippen molar-refractivity contribution < 1.29 is 14.3 Å². The van der Waals surface area contributed by atoms with Gasteiger partial charge in [0.1, 0.15) is 11.5 Å². The van der Waals surface area contributed by atoms with Crippen molar-refractivity contribution in [3.05, 3.63) is 65.4 Å². The zero-order valence-electron chi connectivity index (χ0n) is 14.6. The van der Waals surface area contributed by atoms with Crippen molar-refractivity contribution in [2.24, 2.45) is 5.73 Å². The number of nitrogens with two attached hydrogens (primary N) is 1. The van der Waals surface area contributed by atoms with Crippen LogP contribution in [-0.2, 0) is 4.79 Å². The van der Waals surface area contributed by atoms with E-state index in [2.05, 4.69) is 0 Å². The van der Waals surface area contributed by atoms with Gasteiger partial charge in [-0.25, -0.2) is 0 Å². The van der Waals surface area contributed by atoms with Gasteiger partial charge in [0.2, 0.25) is 0 Å². The molecular formula is C21H23NO3. The van der Waals surface area contributed by atoms with Gasteiger partial charge in [0.15, 0.2) is 5.78 Å². The largest absolute Gasteiger partial charge is 0.494 e. The maximum Gasteiger partial charge on any atom is 0.173 e. The van der Waals surface area contributed by atoms with E-state index in [0.717, 1.165) is 11.1 Å². The Morgan fingerprint density at radius 3 is 2.16 bits per heavy atom. The first-order valence-corrected chi connectivity index (χ1v) is 8.62. The summed E-state index contributed by atoms with van der Waals surface area (Å²) in [4.78, 5) is 13.0. The molecule has 0 heterocycles. The Morgan fingerprint density at radius 2 is 1.60 bits per heavy atom. The van der Waals surface area contributed by atoms with Crippen LogP contribution in [0.15, 0.2) is 54.2 Å². The van der Waals surface area contributed by atoms with Crippen molar-refractivity contribution in [1.82, 2.24) is 0 Å².